The highest BCUT2D eigenvalue weighted by atomic mass is 32.2. The second-order valence-electron chi connectivity index (χ2n) is 4.74. The van der Waals surface area contributed by atoms with Crippen LogP contribution in [0.3, 0.4) is 0 Å². The van der Waals surface area contributed by atoms with Gasteiger partial charge in [0, 0.05) is 18.0 Å². The van der Waals surface area contributed by atoms with Crippen LogP contribution in [-0.4, -0.2) is 38.4 Å². The summed E-state index contributed by atoms with van der Waals surface area (Å²) in [6.45, 7) is 2.53. The number of carbonyl (C=O) groups is 1. The summed E-state index contributed by atoms with van der Waals surface area (Å²) in [5.74, 6) is 1.28. The molecule has 0 atom stereocenters. The van der Waals surface area contributed by atoms with Crippen molar-refractivity contribution >= 4 is 23.6 Å². The molecule has 1 N–H and O–H groups in total. The minimum atomic E-state index is -0.253. The van der Waals surface area contributed by atoms with Crippen LogP contribution in [-0.2, 0) is 4.79 Å². The lowest BCUT2D eigenvalue weighted by Crippen LogP contribution is -2.15. The van der Waals surface area contributed by atoms with Gasteiger partial charge in [0.15, 0.2) is 0 Å². The van der Waals surface area contributed by atoms with Crippen molar-refractivity contribution in [2.45, 2.75) is 12.1 Å². The number of benzene rings is 1. The molecular weight excluding hydrogens is 342 g/mol. The molecule has 0 bridgehead atoms. The van der Waals surface area contributed by atoms with Crippen LogP contribution in [0.25, 0.3) is 11.5 Å². The summed E-state index contributed by atoms with van der Waals surface area (Å²) in [6.07, 6.45) is 3.10. The van der Waals surface area contributed by atoms with E-state index in [4.69, 9.17) is 9.15 Å². The van der Waals surface area contributed by atoms with Gasteiger partial charge in [-0.25, -0.2) is 9.97 Å². The lowest BCUT2D eigenvalue weighted by Gasteiger charge is -2.02. The standard InChI is InChI=1S/C16H15N5O3S/c1-2-23-12-6-4-11(5-7-12)14-20-21-16(24-14)25-10-13(22)19-15-17-8-3-9-18-15/h3-9H,2,10H2,1H3,(H,17,18,19,22). The number of ether oxygens (including phenoxy) is 1. The second-order valence-corrected chi connectivity index (χ2v) is 5.67. The average molecular weight is 357 g/mol. The maximum atomic E-state index is 11.8. The SMILES string of the molecule is CCOc1ccc(-c2nnc(SCC(=O)Nc3ncccn3)o2)cc1. The molecule has 0 aliphatic rings. The minimum absolute atomic E-state index is 0.114. The Bertz CT molecular complexity index is 823. The third kappa shape index (κ3) is 4.77. The van der Waals surface area contributed by atoms with E-state index in [0.29, 0.717) is 17.7 Å². The van der Waals surface area contributed by atoms with Crippen LogP contribution in [0.5, 0.6) is 5.75 Å². The van der Waals surface area contributed by atoms with Crippen LogP contribution in [0.1, 0.15) is 6.92 Å². The van der Waals surface area contributed by atoms with Gasteiger partial charge in [-0.2, -0.15) is 0 Å². The zero-order valence-electron chi connectivity index (χ0n) is 13.4. The predicted molar refractivity (Wildman–Crippen MR) is 92.3 cm³/mol. The average Bonchev–Trinajstić information content (AvgIpc) is 3.11. The topological polar surface area (TPSA) is 103 Å². The third-order valence-corrected chi connectivity index (χ3v) is 3.78. The minimum Gasteiger partial charge on any atom is -0.494 e. The molecule has 0 aliphatic carbocycles. The normalized spacial score (nSPS) is 10.4. The van der Waals surface area contributed by atoms with Crippen LogP contribution in [0.4, 0.5) is 5.95 Å². The summed E-state index contributed by atoms with van der Waals surface area (Å²) in [6, 6.07) is 9.02. The van der Waals surface area contributed by atoms with Crippen LogP contribution >= 0.6 is 11.8 Å². The smallest absolute Gasteiger partial charge is 0.277 e. The molecule has 2 aromatic heterocycles. The summed E-state index contributed by atoms with van der Waals surface area (Å²) in [7, 11) is 0. The van der Waals surface area contributed by atoms with Crippen molar-refractivity contribution in [1.29, 1.82) is 0 Å². The number of amides is 1. The van der Waals surface area contributed by atoms with E-state index in [2.05, 4.69) is 25.5 Å². The zero-order chi connectivity index (χ0) is 17.5. The highest BCUT2D eigenvalue weighted by Gasteiger charge is 2.12. The first kappa shape index (κ1) is 16.9. The van der Waals surface area contributed by atoms with Crippen LogP contribution in [0.15, 0.2) is 52.4 Å². The number of nitrogens with zero attached hydrogens (tertiary/aromatic N) is 4. The molecule has 0 saturated carbocycles. The summed E-state index contributed by atoms with van der Waals surface area (Å²) >= 11 is 1.14. The second kappa shape index (κ2) is 8.25. The number of rotatable bonds is 7. The number of carbonyl (C=O) groups excluding carboxylic acids is 1. The molecule has 3 rings (SSSR count). The molecule has 25 heavy (non-hydrogen) atoms. The molecule has 0 radical (unpaired) electrons. The van der Waals surface area contributed by atoms with Gasteiger partial charge in [0.05, 0.1) is 12.4 Å². The Morgan fingerprint density at radius 3 is 2.68 bits per heavy atom. The number of nitrogens with one attached hydrogen (secondary N) is 1. The molecule has 3 aromatic rings. The van der Waals surface area contributed by atoms with E-state index < -0.39 is 0 Å². The number of aromatic nitrogens is 4. The van der Waals surface area contributed by atoms with E-state index in [1.54, 1.807) is 18.5 Å². The fraction of sp³-hybridized carbons (Fsp3) is 0.188. The molecule has 1 aromatic carbocycles. The molecular formula is C16H15N5O3S. The van der Waals surface area contributed by atoms with Gasteiger partial charge in [0.2, 0.25) is 17.7 Å². The Morgan fingerprint density at radius 1 is 1.20 bits per heavy atom. The van der Waals surface area contributed by atoms with E-state index in [1.165, 1.54) is 0 Å². The number of anilines is 1. The van der Waals surface area contributed by atoms with Crippen molar-refractivity contribution in [3.63, 3.8) is 0 Å². The van der Waals surface area contributed by atoms with Crippen molar-refractivity contribution in [3.8, 4) is 17.2 Å². The molecule has 0 fully saturated rings. The molecule has 2 heterocycles. The van der Waals surface area contributed by atoms with Gasteiger partial charge in [0.25, 0.3) is 5.22 Å². The van der Waals surface area contributed by atoms with Crippen molar-refractivity contribution < 1.29 is 13.9 Å². The molecule has 1 amide bonds. The fourth-order valence-electron chi connectivity index (χ4n) is 1.90. The maximum absolute atomic E-state index is 11.8. The first-order chi connectivity index (χ1) is 12.2. The van der Waals surface area contributed by atoms with E-state index in [9.17, 15) is 4.79 Å². The molecule has 0 spiro atoms. The lowest BCUT2D eigenvalue weighted by molar-refractivity contribution is -0.113. The van der Waals surface area contributed by atoms with Gasteiger partial charge < -0.3 is 9.15 Å². The van der Waals surface area contributed by atoms with E-state index >= 15 is 0 Å². The fourth-order valence-corrected chi connectivity index (χ4v) is 2.46. The Kier molecular flexibility index (Phi) is 5.57. The Balaban J connectivity index is 1.55. The summed E-state index contributed by atoms with van der Waals surface area (Å²) in [5.41, 5.74) is 0.782. The summed E-state index contributed by atoms with van der Waals surface area (Å²) in [4.78, 5) is 19.7. The van der Waals surface area contributed by atoms with Gasteiger partial charge in [-0.05, 0) is 37.3 Å². The number of hydrogen-bond donors (Lipinski definition) is 1. The van der Waals surface area contributed by atoms with Gasteiger partial charge >= 0.3 is 0 Å². The molecule has 0 unspecified atom stereocenters. The molecule has 8 nitrogen and oxygen atoms in total. The summed E-state index contributed by atoms with van der Waals surface area (Å²) in [5, 5.41) is 10.8. The largest absolute Gasteiger partial charge is 0.494 e. The van der Waals surface area contributed by atoms with E-state index in [1.807, 2.05) is 31.2 Å². The van der Waals surface area contributed by atoms with Crippen molar-refractivity contribution in [2.24, 2.45) is 0 Å². The third-order valence-electron chi connectivity index (χ3n) is 2.96. The van der Waals surface area contributed by atoms with E-state index in [0.717, 1.165) is 23.1 Å². The Morgan fingerprint density at radius 2 is 1.96 bits per heavy atom. The molecule has 9 heteroatoms. The number of hydrogen-bond acceptors (Lipinski definition) is 8. The summed E-state index contributed by atoms with van der Waals surface area (Å²) < 4.78 is 10.9. The van der Waals surface area contributed by atoms with Gasteiger partial charge in [0.1, 0.15) is 5.75 Å². The predicted octanol–water partition coefficient (Wildman–Crippen LogP) is 2.66. The Hall–Kier alpha value is -2.94. The maximum Gasteiger partial charge on any atom is 0.277 e. The van der Waals surface area contributed by atoms with Crippen molar-refractivity contribution in [3.05, 3.63) is 42.7 Å². The molecule has 0 saturated heterocycles. The quantitative estimate of drug-likeness (QED) is 0.644. The highest BCUT2D eigenvalue weighted by Crippen LogP contribution is 2.24. The van der Waals surface area contributed by atoms with Crippen LogP contribution in [0.2, 0.25) is 0 Å². The molecule has 128 valence electrons. The van der Waals surface area contributed by atoms with Crippen LogP contribution in [0, 0.1) is 0 Å². The van der Waals surface area contributed by atoms with E-state index in [-0.39, 0.29) is 17.6 Å². The van der Waals surface area contributed by atoms with Crippen molar-refractivity contribution in [2.75, 3.05) is 17.7 Å². The van der Waals surface area contributed by atoms with Gasteiger partial charge in [-0.3, -0.25) is 10.1 Å². The highest BCUT2D eigenvalue weighted by molar-refractivity contribution is 7.99. The Labute approximate surface area is 148 Å². The van der Waals surface area contributed by atoms with Gasteiger partial charge in [-0.15, -0.1) is 10.2 Å². The first-order valence-corrected chi connectivity index (χ1v) is 8.49. The number of thioether (sulfide) groups is 1. The molecule has 0 aliphatic heterocycles. The first-order valence-electron chi connectivity index (χ1n) is 7.51. The monoisotopic (exact) mass is 357 g/mol. The lowest BCUT2D eigenvalue weighted by atomic mass is 10.2. The van der Waals surface area contributed by atoms with Crippen molar-refractivity contribution in [1.82, 2.24) is 20.2 Å². The zero-order valence-corrected chi connectivity index (χ0v) is 14.2. The van der Waals surface area contributed by atoms with Crippen LogP contribution < -0.4 is 10.1 Å². The van der Waals surface area contributed by atoms with Gasteiger partial charge in [-0.1, -0.05) is 11.8 Å².